The molecule has 112 valence electrons. The van der Waals surface area contributed by atoms with E-state index in [-0.39, 0.29) is 6.10 Å². The van der Waals surface area contributed by atoms with E-state index in [0.717, 1.165) is 31.2 Å². The first kappa shape index (κ1) is 16.9. The predicted molar refractivity (Wildman–Crippen MR) is 82.3 cm³/mol. The van der Waals surface area contributed by atoms with Crippen molar-refractivity contribution in [2.75, 3.05) is 13.9 Å². The number of rotatable bonds is 10. The highest BCUT2D eigenvalue weighted by Gasteiger charge is 1.99. The lowest BCUT2D eigenvalue weighted by atomic mass is 10.1. The first-order valence-electron chi connectivity index (χ1n) is 7.26. The van der Waals surface area contributed by atoms with Gasteiger partial charge in [-0.25, -0.2) is 0 Å². The van der Waals surface area contributed by atoms with Gasteiger partial charge in [0.15, 0.2) is 0 Å². The lowest BCUT2D eigenvalue weighted by molar-refractivity contribution is -0.0390. The van der Waals surface area contributed by atoms with E-state index < -0.39 is 0 Å². The fraction of sp³-hybridized carbons (Fsp3) is 0.529. The van der Waals surface area contributed by atoms with Crippen LogP contribution in [0, 0.1) is 0 Å². The van der Waals surface area contributed by atoms with Gasteiger partial charge in [0, 0.05) is 7.11 Å². The first-order valence-corrected chi connectivity index (χ1v) is 7.26. The van der Waals surface area contributed by atoms with Crippen LogP contribution in [-0.2, 0) is 16.1 Å². The molecule has 0 aliphatic rings. The lowest BCUT2D eigenvalue weighted by Crippen LogP contribution is -2.04. The number of hydrogen-bond donors (Lipinski definition) is 1. The van der Waals surface area contributed by atoms with Crippen LogP contribution in [0.1, 0.15) is 43.7 Å². The van der Waals surface area contributed by atoms with Gasteiger partial charge in [-0.2, -0.15) is 0 Å². The Morgan fingerprint density at radius 3 is 2.60 bits per heavy atom. The summed E-state index contributed by atoms with van der Waals surface area (Å²) in [5.41, 5.74) is 2.31. The fourth-order valence-corrected chi connectivity index (χ4v) is 1.95. The Morgan fingerprint density at radius 1 is 1.20 bits per heavy atom. The fourth-order valence-electron chi connectivity index (χ4n) is 1.95. The largest absolute Gasteiger partial charge is 0.393 e. The van der Waals surface area contributed by atoms with Gasteiger partial charge < -0.3 is 14.6 Å². The zero-order valence-electron chi connectivity index (χ0n) is 12.5. The average Bonchev–Trinajstić information content (AvgIpc) is 2.46. The van der Waals surface area contributed by atoms with Crippen LogP contribution in [0.2, 0.25) is 0 Å². The Labute approximate surface area is 122 Å². The molecule has 1 rings (SSSR count). The van der Waals surface area contributed by atoms with Crippen molar-refractivity contribution in [2.45, 2.75) is 45.3 Å². The Kier molecular flexibility index (Phi) is 8.96. The van der Waals surface area contributed by atoms with Crippen LogP contribution < -0.4 is 0 Å². The van der Waals surface area contributed by atoms with Gasteiger partial charge in [0.1, 0.15) is 6.79 Å². The normalized spacial score (nSPS) is 12.9. The number of benzene rings is 1. The molecule has 3 nitrogen and oxygen atoms in total. The third kappa shape index (κ3) is 7.43. The van der Waals surface area contributed by atoms with E-state index in [1.807, 2.05) is 0 Å². The molecule has 0 saturated heterocycles. The molecule has 1 aromatic rings. The van der Waals surface area contributed by atoms with Crippen LogP contribution >= 0.6 is 0 Å². The third-order valence-corrected chi connectivity index (χ3v) is 3.05. The second kappa shape index (κ2) is 10.6. The van der Waals surface area contributed by atoms with Crippen molar-refractivity contribution in [1.82, 2.24) is 0 Å². The minimum Gasteiger partial charge on any atom is -0.393 e. The zero-order valence-corrected chi connectivity index (χ0v) is 12.5. The maximum atomic E-state index is 9.63. The van der Waals surface area contributed by atoms with Gasteiger partial charge in [0.05, 0.1) is 12.7 Å². The van der Waals surface area contributed by atoms with Gasteiger partial charge >= 0.3 is 0 Å². The average molecular weight is 278 g/mol. The smallest absolute Gasteiger partial charge is 0.146 e. The molecular weight excluding hydrogens is 252 g/mol. The summed E-state index contributed by atoms with van der Waals surface area (Å²) >= 11 is 0. The number of aliphatic hydroxyl groups excluding tert-OH is 1. The van der Waals surface area contributed by atoms with Gasteiger partial charge in [-0.15, -0.1) is 0 Å². The van der Waals surface area contributed by atoms with Crippen molar-refractivity contribution in [1.29, 1.82) is 0 Å². The minimum atomic E-state index is -0.162. The Hall–Kier alpha value is -1.16. The number of methoxy groups -OCH3 is 1. The van der Waals surface area contributed by atoms with Gasteiger partial charge in [-0.1, -0.05) is 49.8 Å². The van der Waals surface area contributed by atoms with Crippen LogP contribution in [0.3, 0.4) is 0 Å². The van der Waals surface area contributed by atoms with E-state index in [1.165, 1.54) is 5.56 Å². The quantitative estimate of drug-likeness (QED) is 0.523. The number of hydrogen-bond acceptors (Lipinski definition) is 3. The molecule has 0 fully saturated rings. The summed E-state index contributed by atoms with van der Waals surface area (Å²) in [5.74, 6) is 0. The molecule has 1 aromatic carbocycles. The summed E-state index contributed by atoms with van der Waals surface area (Å²) in [6.07, 6.45) is 7.74. The zero-order chi connectivity index (χ0) is 14.6. The summed E-state index contributed by atoms with van der Waals surface area (Å²) in [5, 5.41) is 9.63. The van der Waals surface area contributed by atoms with Crippen molar-refractivity contribution in [3.05, 3.63) is 41.5 Å². The van der Waals surface area contributed by atoms with Crippen molar-refractivity contribution in [3.8, 4) is 0 Å². The molecule has 0 aromatic heterocycles. The van der Waals surface area contributed by atoms with Gasteiger partial charge in [-0.05, 0) is 30.4 Å². The first-order chi connectivity index (χ1) is 9.76. The summed E-state index contributed by atoms with van der Waals surface area (Å²) in [7, 11) is 1.62. The maximum absolute atomic E-state index is 9.63. The molecule has 3 heteroatoms. The monoisotopic (exact) mass is 278 g/mol. The molecule has 0 aliphatic heterocycles. The number of aliphatic hydroxyl groups is 1. The minimum absolute atomic E-state index is 0.162. The molecule has 0 saturated carbocycles. The van der Waals surface area contributed by atoms with E-state index >= 15 is 0 Å². The van der Waals surface area contributed by atoms with Gasteiger partial charge in [0.2, 0.25) is 0 Å². The van der Waals surface area contributed by atoms with Gasteiger partial charge in [0.25, 0.3) is 0 Å². The van der Waals surface area contributed by atoms with Gasteiger partial charge in [-0.3, -0.25) is 0 Å². The standard InChI is InChI=1S/C17H26O3/c1-3-6-17(18)8-5-4-7-15-9-11-16(12-10-15)13-20-14-19-2/h4,7,9-12,17-18H,3,5-6,8,13-14H2,1-2H3/b7-4+. The topological polar surface area (TPSA) is 38.7 Å². The van der Waals surface area contributed by atoms with Crippen LogP contribution in [-0.4, -0.2) is 25.1 Å². The molecule has 0 aliphatic carbocycles. The van der Waals surface area contributed by atoms with E-state index in [1.54, 1.807) is 7.11 Å². The predicted octanol–water partition coefficient (Wildman–Crippen LogP) is 3.76. The third-order valence-electron chi connectivity index (χ3n) is 3.05. The number of ether oxygens (including phenoxy) is 2. The summed E-state index contributed by atoms with van der Waals surface area (Å²) in [6, 6.07) is 8.26. The van der Waals surface area contributed by atoms with E-state index in [2.05, 4.69) is 43.3 Å². The molecular formula is C17H26O3. The van der Waals surface area contributed by atoms with Crippen molar-refractivity contribution in [3.63, 3.8) is 0 Å². The molecule has 0 bridgehead atoms. The van der Waals surface area contributed by atoms with E-state index in [0.29, 0.717) is 13.4 Å². The van der Waals surface area contributed by atoms with E-state index in [4.69, 9.17) is 9.47 Å². The van der Waals surface area contributed by atoms with Crippen molar-refractivity contribution >= 4 is 6.08 Å². The molecule has 1 atom stereocenters. The van der Waals surface area contributed by atoms with E-state index in [9.17, 15) is 5.11 Å². The van der Waals surface area contributed by atoms with Crippen molar-refractivity contribution in [2.24, 2.45) is 0 Å². The molecule has 1 N–H and O–H groups in total. The SMILES string of the molecule is CCCC(O)CC/C=C/c1ccc(COCOC)cc1. The summed E-state index contributed by atoms with van der Waals surface area (Å²) in [6.45, 7) is 2.99. The van der Waals surface area contributed by atoms with Crippen LogP contribution in [0.5, 0.6) is 0 Å². The van der Waals surface area contributed by atoms with Crippen LogP contribution in [0.15, 0.2) is 30.3 Å². The lowest BCUT2D eigenvalue weighted by Gasteiger charge is -2.06. The summed E-state index contributed by atoms with van der Waals surface area (Å²) < 4.78 is 10.1. The van der Waals surface area contributed by atoms with Crippen LogP contribution in [0.4, 0.5) is 0 Å². The molecule has 0 spiro atoms. The highest BCUT2D eigenvalue weighted by atomic mass is 16.7. The maximum Gasteiger partial charge on any atom is 0.146 e. The molecule has 0 heterocycles. The molecule has 0 radical (unpaired) electrons. The Balaban J connectivity index is 2.29. The second-order valence-electron chi connectivity index (χ2n) is 4.92. The van der Waals surface area contributed by atoms with Crippen LogP contribution in [0.25, 0.3) is 6.08 Å². The molecule has 1 unspecified atom stereocenters. The second-order valence-corrected chi connectivity index (χ2v) is 4.92. The Morgan fingerprint density at radius 2 is 1.95 bits per heavy atom. The Bertz CT molecular complexity index is 370. The van der Waals surface area contributed by atoms with Crippen molar-refractivity contribution < 1.29 is 14.6 Å². The highest BCUT2D eigenvalue weighted by molar-refractivity contribution is 5.49. The highest BCUT2D eigenvalue weighted by Crippen LogP contribution is 2.10. The molecule has 20 heavy (non-hydrogen) atoms. The summed E-state index contributed by atoms with van der Waals surface area (Å²) in [4.78, 5) is 0. The molecule has 0 amide bonds. The number of allylic oxidation sites excluding steroid dienone is 1.